The van der Waals surface area contributed by atoms with Crippen LogP contribution in [-0.2, 0) is 0 Å². The van der Waals surface area contributed by atoms with Crippen LogP contribution in [0.5, 0.6) is 5.75 Å². The van der Waals surface area contributed by atoms with Crippen molar-refractivity contribution in [1.29, 1.82) is 0 Å². The fourth-order valence-electron chi connectivity index (χ4n) is 3.08. The van der Waals surface area contributed by atoms with Crippen LogP contribution >= 0.6 is 0 Å². The molecule has 1 N–H and O–H groups in total. The van der Waals surface area contributed by atoms with E-state index in [-0.39, 0.29) is 11.6 Å². The Labute approximate surface area is 159 Å². The van der Waals surface area contributed by atoms with Gasteiger partial charge in [-0.05, 0) is 28.2 Å². The third-order valence-electron chi connectivity index (χ3n) is 4.58. The lowest BCUT2D eigenvalue weighted by atomic mass is 10.2. The zero-order valence-corrected chi connectivity index (χ0v) is 15.2. The van der Waals surface area contributed by atoms with Gasteiger partial charge in [0.2, 0.25) is 11.6 Å². The topological polar surface area (TPSA) is 108 Å². The number of benzene rings is 1. The molecule has 0 spiro atoms. The molecule has 0 bridgehead atoms. The summed E-state index contributed by atoms with van der Waals surface area (Å²) in [7, 11) is 1.57. The SMILES string of the molecule is COc1ccc(-[n+]2[nH]oc(=O)c2C(=O)N2CCN(c3ncccn3)CC2)cc1. The number of carbonyl (C=O) groups is 1. The lowest BCUT2D eigenvalue weighted by Crippen LogP contribution is -2.53. The van der Waals surface area contributed by atoms with E-state index >= 15 is 0 Å². The van der Waals surface area contributed by atoms with Crippen molar-refractivity contribution in [2.75, 3.05) is 38.2 Å². The van der Waals surface area contributed by atoms with E-state index in [1.807, 2.05) is 4.90 Å². The molecule has 0 aliphatic carbocycles. The molecule has 144 valence electrons. The minimum Gasteiger partial charge on any atom is -0.497 e. The maximum atomic E-state index is 13.0. The van der Waals surface area contributed by atoms with Crippen molar-refractivity contribution in [3.8, 4) is 11.4 Å². The van der Waals surface area contributed by atoms with Gasteiger partial charge in [-0.2, -0.15) is 0 Å². The number of rotatable bonds is 4. The Hall–Kier alpha value is -3.69. The Bertz CT molecular complexity index is 1010. The van der Waals surface area contributed by atoms with Crippen molar-refractivity contribution >= 4 is 11.9 Å². The van der Waals surface area contributed by atoms with Gasteiger partial charge in [-0.15, -0.1) is 0 Å². The molecule has 0 saturated carbocycles. The minimum absolute atomic E-state index is 0.0745. The number of H-pyrrole nitrogens is 1. The molecule has 1 saturated heterocycles. The van der Waals surface area contributed by atoms with Gasteiger partial charge in [-0.25, -0.2) is 14.8 Å². The molecule has 1 aliphatic heterocycles. The first kappa shape index (κ1) is 17.7. The highest BCUT2D eigenvalue weighted by Crippen LogP contribution is 2.13. The summed E-state index contributed by atoms with van der Waals surface area (Å²) in [5, 5.41) is 2.49. The molecule has 1 aliphatic rings. The van der Waals surface area contributed by atoms with Gasteiger partial charge in [-0.3, -0.25) is 9.32 Å². The third-order valence-corrected chi connectivity index (χ3v) is 4.58. The van der Waals surface area contributed by atoms with E-state index < -0.39 is 5.63 Å². The maximum absolute atomic E-state index is 13.0. The lowest BCUT2D eigenvalue weighted by molar-refractivity contribution is -0.672. The molecule has 3 heterocycles. The third kappa shape index (κ3) is 3.31. The standard InChI is InChI=1S/C18H18N6O4/c1-27-14-5-3-13(4-6-14)24-15(17(26)28-21-24)16(25)22-9-11-23(12-10-22)18-19-7-2-8-20-18/h2-8H,9-12H2,1H3/p+1. The summed E-state index contributed by atoms with van der Waals surface area (Å²) in [4.78, 5) is 37.3. The number of amides is 1. The van der Waals surface area contributed by atoms with Crippen molar-refractivity contribution in [3.63, 3.8) is 0 Å². The lowest BCUT2D eigenvalue weighted by Gasteiger charge is -2.33. The predicted molar refractivity (Wildman–Crippen MR) is 97.6 cm³/mol. The average Bonchev–Trinajstić information content (AvgIpc) is 3.15. The molecule has 2 aromatic heterocycles. The Balaban J connectivity index is 1.53. The van der Waals surface area contributed by atoms with Crippen molar-refractivity contribution in [2.45, 2.75) is 0 Å². The number of anilines is 1. The van der Waals surface area contributed by atoms with Gasteiger partial charge in [0.1, 0.15) is 5.75 Å². The molecule has 1 aromatic carbocycles. The van der Waals surface area contributed by atoms with Gasteiger partial charge in [-0.1, -0.05) is 0 Å². The smallest absolute Gasteiger partial charge is 0.441 e. The summed E-state index contributed by atoms with van der Waals surface area (Å²) in [5.74, 6) is 0.908. The van der Waals surface area contributed by atoms with Crippen molar-refractivity contribution < 1.29 is 18.7 Å². The number of nitrogens with one attached hydrogen (secondary N) is 1. The molecule has 1 fully saturated rings. The number of hydrogen-bond acceptors (Lipinski definition) is 7. The van der Waals surface area contributed by atoms with E-state index in [4.69, 9.17) is 9.26 Å². The molecular weight excluding hydrogens is 364 g/mol. The number of nitrogens with zero attached hydrogens (tertiary/aromatic N) is 5. The summed E-state index contributed by atoms with van der Waals surface area (Å²) >= 11 is 0. The Kier molecular flexibility index (Phi) is 4.75. The van der Waals surface area contributed by atoms with Gasteiger partial charge in [0.05, 0.1) is 7.11 Å². The summed E-state index contributed by atoms with van der Waals surface area (Å²) in [6, 6.07) is 8.69. The van der Waals surface area contributed by atoms with Gasteiger partial charge >= 0.3 is 17.2 Å². The largest absolute Gasteiger partial charge is 0.497 e. The molecule has 10 nitrogen and oxygen atoms in total. The maximum Gasteiger partial charge on any atom is 0.441 e. The number of piperazine rings is 1. The zero-order valence-electron chi connectivity index (χ0n) is 15.2. The van der Waals surface area contributed by atoms with Crippen molar-refractivity contribution in [2.24, 2.45) is 0 Å². The molecule has 0 radical (unpaired) electrons. The molecule has 1 amide bonds. The number of hydrogen-bond donors (Lipinski definition) is 1. The van der Waals surface area contributed by atoms with E-state index in [0.29, 0.717) is 43.6 Å². The first-order valence-electron chi connectivity index (χ1n) is 8.76. The van der Waals surface area contributed by atoms with Crippen molar-refractivity contribution in [1.82, 2.24) is 20.1 Å². The highest BCUT2D eigenvalue weighted by atomic mass is 16.5. The first-order valence-corrected chi connectivity index (χ1v) is 8.76. The van der Waals surface area contributed by atoms with Crippen LogP contribution in [0.4, 0.5) is 5.95 Å². The number of methoxy groups -OCH3 is 1. The fourth-order valence-corrected chi connectivity index (χ4v) is 3.08. The zero-order chi connectivity index (χ0) is 19.5. The van der Waals surface area contributed by atoms with E-state index in [1.165, 1.54) is 4.68 Å². The van der Waals surface area contributed by atoms with E-state index in [1.54, 1.807) is 54.7 Å². The van der Waals surface area contributed by atoms with Gasteiger partial charge in [0.25, 0.3) is 0 Å². The second-order valence-electron chi connectivity index (χ2n) is 6.19. The Morgan fingerprint density at radius 3 is 2.46 bits per heavy atom. The number of aromatic nitrogens is 4. The van der Waals surface area contributed by atoms with E-state index in [0.717, 1.165) is 0 Å². The number of ether oxygens (including phenoxy) is 1. The number of carbonyl (C=O) groups excluding carboxylic acids is 1. The van der Waals surface area contributed by atoms with Crippen molar-refractivity contribution in [3.05, 3.63) is 58.8 Å². The summed E-state index contributed by atoms with van der Waals surface area (Å²) < 4.78 is 11.4. The monoisotopic (exact) mass is 383 g/mol. The highest BCUT2D eigenvalue weighted by molar-refractivity contribution is 5.90. The molecule has 10 heteroatoms. The quantitative estimate of drug-likeness (QED) is 0.632. The first-order chi connectivity index (χ1) is 13.7. The second kappa shape index (κ2) is 7.51. The molecule has 28 heavy (non-hydrogen) atoms. The Morgan fingerprint density at radius 1 is 1.14 bits per heavy atom. The summed E-state index contributed by atoms with van der Waals surface area (Å²) in [6.45, 7) is 2.05. The van der Waals surface area contributed by atoms with Crippen LogP contribution in [0.25, 0.3) is 5.69 Å². The van der Waals surface area contributed by atoms with Crippen LogP contribution in [-0.4, -0.2) is 59.3 Å². The number of aromatic amines is 1. The van der Waals surface area contributed by atoms with Crippen LogP contribution in [0.3, 0.4) is 0 Å². The molecule has 0 unspecified atom stereocenters. The van der Waals surface area contributed by atoms with Gasteiger partial charge < -0.3 is 14.5 Å². The van der Waals surface area contributed by atoms with Crippen LogP contribution < -0.4 is 19.9 Å². The fraction of sp³-hybridized carbons (Fsp3) is 0.278. The highest BCUT2D eigenvalue weighted by Gasteiger charge is 2.36. The molecule has 3 aromatic rings. The van der Waals surface area contributed by atoms with Crippen LogP contribution in [0.15, 0.2) is 52.0 Å². The second-order valence-corrected chi connectivity index (χ2v) is 6.19. The molecular formula is C18H19N6O4+. The minimum atomic E-state index is -0.713. The van der Waals surface area contributed by atoms with Crippen LogP contribution in [0.2, 0.25) is 0 Å². The summed E-state index contributed by atoms with van der Waals surface area (Å²) in [6.07, 6.45) is 3.37. The van der Waals surface area contributed by atoms with Crippen LogP contribution in [0, 0.1) is 0 Å². The van der Waals surface area contributed by atoms with Gasteiger partial charge in [0, 0.05) is 50.7 Å². The molecule has 0 atom stereocenters. The average molecular weight is 383 g/mol. The van der Waals surface area contributed by atoms with E-state index in [2.05, 4.69) is 15.2 Å². The Morgan fingerprint density at radius 2 is 1.82 bits per heavy atom. The molecule has 4 rings (SSSR count). The predicted octanol–water partition coefficient (Wildman–Crippen LogP) is 0.00560. The van der Waals surface area contributed by atoms with Crippen LogP contribution in [0.1, 0.15) is 10.5 Å². The van der Waals surface area contributed by atoms with E-state index in [9.17, 15) is 9.59 Å². The summed E-state index contributed by atoms with van der Waals surface area (Å²) in [5.41, 5.74) is -0.199. The van der Waals surface area contributed by atoms with Gasteiger partial charge in [0.15, 0.2) is 0 Å². The normalized spacial score (nSPS) is 14.2.